The van der Waals surface area contributed by atoms with Gasteiger partial charge >= 0.3 is 0 Å². The van der Waals surface area contributed by atoms with Crippen LogP contribution in [0.2, 0.25) is 0 Å². The van der Waals surface area contributed by atoms with Crippen molar-refractivity contribution in [2.45, 2.75) is 11.4 Å². The standard InChI is InChI=1S/C18H15FN4OS2/c1-23(8-2-7-20)15(24)10-26-18-16-14(9-25-17(16)21-11-22-18)12-3-5-13(19)6-4-12/h3-6,9,11H,2,8,10H2,1H3. The summed E-state index contributed by atoms with van der Waals surface area (Å²) < 4.78 is 13.2. The topological polar surface area (TPSA) is 69.9 Å². The maximum absolute atomic E-state index is 13.2. The SMILES string of the molecule is CN(CCC#N)C(=O)CSc1ncnc2scc(-c3ccc(F)cc3)c12. The highest BCUT2D eigenvalue weighted by atomic mass is 32.2. The van der Waals surface area contributed by atoms with Crippen LogP contribution in [0.3, 0.4) is 0 Å². The maximum Gasteiger partial charge on any atom is 0.232 e. The summed E-state index contributed by atoms with van der Waals surface area (Å²) in [6.07, 6.45) is 1.80. The van der Waals surface area contributed by atoms with Gasteiger partial charge < -0.3 is 4.90 Å². The van der Waals surface area contributed by atoms with Crippen LogP contribution < -0.4 is 0 Å². The van der Waals surface area contributed by atoms with Crippen molar-refractivity contribution in [1.82, 2.24) is 14.9 Å². The molecule has 0 fully saturated rings. The van der Waals surface area contributed by atoms with Crippen molar-refractivity contribution in [3.63, 3.8) is 0 Å². The fourth-order valence-electron chi connectivity index (χ4n) is 2.38. The van der Waals surface area contributed by atoms with Crippen molar-refractivity contribution in [1.29, 1.82) is 5.26 Å². The smallest absolute Gasteiger partial charge is 0.232 e. The van der Waals surface area contributed by atoms with E-state index in [1.807, 2.05) is 11.4 Å². The minimum atomic E-state index is -0.287. The molecule has 0 aliphatic carbocycles. The first-order valence-electron chi connectivity index (χ1n) is 7.82. The number of halogens is 1. The lowest BCUT2D eigenvalue weighted by Crippen LogP contribution is -2.29. The molecule has 0 aliphatic heterocycles. The number of carbonyl (C=O) groups excluding carboxylic acids is 1. The van der Waals surface area contributed by atoms with Gasteiger partial charge in [-0.05, 0) is 17.7 Å². The van der Waals surface area contributed by atoms with E-state index in [1.54, 1.807) is 24.1 Å². The first-order chi connectivity index (χ1) is 12.6. The molecule has 3 rings (SSSR count). The van der Waals surface area contributed by atoms with Gasteiger partial charge in [0.2, 0.25) is 5.91 Å². The average Bonchev–Trinajstić information content (AvgIpc) is 3.09. The predicted octanol–water partition coefficient (Wildman–Crippen LogP) is 3.96. The molecule has 5 nitrogen and oxygen atoms in total. The Morgan fingerprint density at radius 1 is 1.35 bits per heavy atom. The van der Waals surface area contributed by atoms with Crippen molar-refractivity contribution in [3.8, 4) is 17.2 Å². The van der Waals surface area contributed by atoms with Gasteiger partial charge in [0.15, 0.2) is 0 Å². The molecule has 26 heavy (non-hydrogen) atoms. The Balaban J connectivity index is 1.85. The number of hydrogen-bond donors (Lipinski definition) is 0. The van der Waals surface area contributed by atoms with E-state index in [1.165, 1.54) is 41.6 Å². The van der Waals surface area contributed by atoms with Gasteiger partial charge in [-0.15, -0.1) is 11.3 Å². The molecule has 2 heterocycles. The Kier molecular flexibility index (Phi) is 5.81. The minimum absolute atomic E-state index is 0.0597. The number of carbonyl (C=O) groups is 1. The zero-order chi connectivity index (χ0) is 18.5. The molecule has 0 saturated carbocycles. The molecule has 3 aromatic rings. The van der Waals surface area contributed by atoms with E-state index in [0.29, 0.717) is 13.0 Å². The normalized spacial score (nSPS) is 10.7. The van der Waals surface area contributed by atoms with Gasteiger partial charge in [0.25, 0.3) is 0 Å². The fourth-order valence-corrected chi connectivity index (χ4v) is 4.32. The molecule has 132 valence electrons. The molecule has 1 aromatic carbocycles. The Bertz CT molecular complexity index is 965. The van der Waals surface area contributed by atoms with Crippen LogP contribution in [-0.4, -0.2) is 40.1 Å². The summed E-state index contributed by atoms with van der Waals surface area (Å²) in [5, 5.41) is 12.2. The zero-order valence-corrected chi connectivity index (χ0v) is 15.6. The third-order valence-corrected chi connectivity index (χ3v) is 5.67. The molecular formula is C18H15FN4OS2. The summed E-state index contributed by atoms with van der Waals surface area (Å²) in [5.41, 5.74) is 1.81. The molecule has 0 atom stereocenters. The predicted molar refractivity (Wildman–Crippen MR) is 101 cm³/mol. The number of fused-ring (bicyclic) bond motifs is 1. The Hall–Kier alpha value is -2.50. The van der Waals surface area contributed by atoms with Crippen molar-refractivity contribution >= 4 is 39.2 Å². The highest BCUT2D eigenvalue weighted by Crippen LogP contribution is 2.37. The van der Waals surface area contributed by atoms with Crippen molar-refractivity contribution in [3.05, 3.63) is 41.8 Å². The van der Waals surface area contributed by atoms with E-state index < -0.39 is 0 Å². The molecular weight excluding hydrogens is 371 g/mol. The number of aromatic nitrogens is 2. The summed E-state index contributed by atoms with van der Waals surface area (Å²) >= 11 is 2.83. The van der Waals surface area contributed by atoms with Crippen LogP contribution in [0.5, 0.6) is 0 Å². The second-order valence-electron chi connectivity index (χ2n) is 5.53. The highest BCUT2D eigenvalue weighted by Gasteiger charge is 2.16. The number of thiophene rings is 1. The van der Waals surface area contributed by atoms with Gasteiger partial charge in [-0.3, -0.25) is 4.79 Å². The lowest BCUT2D eigenvalue weighted by molar-refractivity contribution is -0.127. The maximum atomic E-state index is 13.2. The molecule has 2 aromatic heterocycles. The van der Waals surface area contributed by atoms with E-state index in [0.717, 1.165) is 26.4 Å². The average molecular weight is 386 g/mol. The van der Waals surface area contributed by atoms with Crippen molar-refractivity contribution < 1.29 is 9.18 Å². The van der Waals surface area contributed by atoms with Crippen LogP contribution in [-0.2, 0) is 4.79 Å². The first-order valence-corrected chi connectivity index (χ1v) is 9.68. The summed E-state index contributed by atoms with van der Waals surface area (Å²) in [5.74, 6) is -0.118. The molecule has 0 unspecified atom stereocenters. The number of hydrogen-bond acceptors (Lipinski definition) is 6. The third kappa shape index (κ3) is 4.00. The lowest BCUT2D eigenvalue weighted by Gasteiger charge is -2.15. The van der Waals surface area contributed by atoms with Gasteiger partial charge in [-0.2, -0.15) is 5.26 Å². The van der Waals surface area contributed by atoms with Gasteiger partial charge in [-0.1, -0.05) is 23.9 Å². The van der Waals surface area contributed by atoms with Crippen LogP contribution in [0.15, 0.2) is 41.0 Å². The highest BCUT2D eigenvalue weighted by molar-refractivity contribution is 8.00. The summed E-state index contributed by atoms with van der Waals surface area (Å²) in [6, 6.07) is 8.31. The number of benzene rings is 1. The van der Waals surface area contributed by atoms with E-state index in [-0.39, 0.29) is 17.5 Å². The van der Waals surface area contributed by atoms with Crippen LogP contribution in [0.25, 0.3) is 21.3 Å². The number of thioether (sulfide) groups is 1. The molecule has 0 radical (unpaired) electrons. The quantitative estimate of drug-likeness (QED) is 0.474. The summed E-state index contributed by atoms with van der Waals surface area (Å²) in [7, 11) is 1.68. The molecule has 0 aliphatic rings. The molecule has 0 N–H and O–H groups in total. The van der Waals surface area contributed by atoms with Gasteiger partial charge in [0, 0.05) is 24.5 Å². The number of amides is 1. The van der Waals surface area contributed by atoms with Crippen LogP contribution >= 0.6 is 23.1 Å². The third-order valence-electron chi connectivity index (χ3n) is 3.81. The number of nitrogens with zero attached hydrogens (tertiary/aromatic N) is 4. The summed E-state index contributed by atoms with van der Waals surface area (Å²) in [6.45, 7) is 0.411. The van der Waals surface area contributed by atoms with E-state index in [4.69, 9.17) is 5.26 Å². The van der Waals surface area contributed by atoms with Crippen molar-refractivity contribution in [2.24, 2.45) is 0 Å². The number of nitriles is 1. The van der Waals surface area contributed by atoms with Crippen LogP contribution in [0.1, 0.15) is 6.42 Å². The molecule has 8 heteroatoms. The van der Waals surface area contributed by atoms with Crippen molar-refractivity contribution in [2.75, 3.05) is 19.3 Å². The monoisotopic (exact) mass is 386 g/mol. The van der Waals surface area contributed by atoms with Gasteiger partial charge in [-0.25, -0.2) is 14.4 Å². The van der Waals surface area contributed by atoms with Gasteiger partial charge in [0.05, 0.1) is 23.6 Å². The Morgan fingerprint density at radius 2 is 2.12 bits per heavy atom. The number of rotatable bonds is 6. The molecule has 0 spiro atoms. The fraction of sp³-hybridized carbons (Fsp3) is 0.222. The first kappa shape index (κ1) is 18.3. The second-order valence-corrected chi connectivity index (χ2v) is 7.35. The summed E-state index contributed by atoms with van der Waals surface area (Å²) in [4.78, 5) is 23.2. The van der Waals surface area contributed by atoms with Crippen LogP contribution in [0.4, 0.5) is 4.39 Å². The Labute approximate surface area is 158 Å². The molecule has 0 bridgehead atoms. The lowest BCUT2D eigenvalue weighted by atomic mass is 10.1. The van der Waals surface area contributed by atoms with Crippen LogP contribution in [0, 0.1) is 17.1 Å². The second kappa shape index (κ2) is 8.25. The zero-order valence-electron chi connectivity index (χ0n) is 14.0. The van der Waals surface area contributed by atoms with Gasteiger partial charge in [0.1, 0.15) is 22.0 Å². The Morgan fingerprint density at radius 3 is 2.85 bits per heavy atom. The van der Waals surface area contributed by atoms with E-state index in [2.05, 4.69) is 9.97 Å². The van der Waals surface area contributed by atoms with E-state index in [9.17, 15) is 9.18 Å². The van der Waals surface area contributed by atoms with E-state index >= 15 is 0 Å². The minimum Gasteiger partial charge on any atom is -0.344 e. The molecule has 1 amide bonds. The molecule has 0 saturated heterocycles. The largest absolute Gasteiger partial charge is 0.344 e.